The summed E-state index contributed by atoms with van der Waals surface area (Å²) in [4.78, 5) is 4.14. The molecule has 0 radical (unpaired) electrons. The monoisotopic (exact) mass is 219 g/mol. The van der Waals surface area contributed by atoms with Crippen molar-refractivity contribution in [3.63, 3.8) is 0 Å². The lowest BCUT2D eigenvalue weighted by Crippen LogP contribution is -2.04. The lowest BCUT2D eigenvalue weighted by molar-refractivity contribution is 0.608. The zero-order chi connectivity index (χ0) is 11.5. The molecule has 1 heterocycles. The van der Waals surface area contributed by atoms with Crippen molar-refractivity contribution in [1.29, 1.82) is 0 Å². The number of nitrogens with zero attached hydrogens (tertiary/aromatic N) is 2. The molecule has 0 atom stereocenters. The molecule has 3 nitrogen and oxygen atoms in total. The average Bonchev–Trinajstić information content (AvgIpc) is 2.67. The fourth-order valence-corrected chi connectivity index (χ4v) is 1.65. The number of imidazole rings is 1. The molecule has 0 spiro atoms. The van der Waals surface area contributed by atoms with Crippen molar-refractivity contribution in [1.82, 2.24) is 9.55 Å². The standard InChI is InChI=1S/C12H14FN3/c1-9-15-4-5-16(9)8-10-2-3-12(13)11(6-10)7-14/h2-6H,7-8,14H2,1H3. The second-order valence-corrected chi connectivity index (χ2v) is 3.73. The molecule has 2 N–H and O–H groups in total. The molecule has 0 unspecified atom stereocenters. The summed E-state index contributed by atoms with van der Waals surface area (Å²) in [6.45, 7) is 2.86. The third-order valence-corrected chi connectivity index (χ3v) is 2.61. The Kier molecular flexibility index (Phi) is 3.01. The van der Waals surface area contributed by atoms with Gasteiger partial charge in [-0.2, -0.15) is 0 Å². The van der Waals surface area contributed by atoms with Crippen LogP contribution < -0.4 is 5.73 Å². The van der Waals surface area contributed by atoms with Crippen LogP contribution in [0.25, 0.3) is 0 Å². The predicted molar refractivity (Wildman–Crippen MR) is 60.4 cm³/mol. The van der Waals surface area contributed by atoms with Gasteiger partial charge in [0, 0.05) is 31.0 Å². The molecule has 1 aromatic carbocycles. The van der Waals surface area contributed by atoms with Crippen LogP contribution in [0.4, 0.5) is 4.39 Å². The van der Waals surface area contributed by atoms with Crippen LogP contribution in [0, 0.1) is 12.7 Å². The van der Waals surface area contributed by atoms with E-state index in [0.717, 1.165) is 11.4 Å². The van der Waals surface area contributed by atoms with E-state index < -0.39 is 0 Å². The average molecular weight is 219 g/mol. The van der Waals surface area contributed by atoms with Crippen LogP contribution in [0.2, 0.25) is 0 Å². The highest BCUT2D eigenvalue weighted by Crippen LogP contribution is 2.12. The highest BCUT2D eigenvalue weighted by atomic mass is 19.1. The molecule has 2 aromatic rings. The minimum absolute atomic E-state index is 0.225. The number of aromatic nitrogens is 2. The third-order valence-electron chi connectivity index (χ3n) is 2.61. The fourth-order valence-electron chi connectivity index (χ4n) is 1.65. The van der Waals surface area contributed by atoms with E-state index in [1.165, 1.54) is 6.07 Å². The first-order chi connectivity index (χ1) is 7.70. The normalized spacial score (nSPS) is 10.7. The van der Waals surface area contributed by atoms with Gasteiger partial charge >= 0.3 is 0 Å². The quantitative estimate of drug-likeness (QED) is 0.856. The van der Waals surface area contributed by atoms with Gasteiger partial charge in [0.1, 0.15) is 11.6 Å². The Bertz CT molecular complexity index is 491. The van der Waals surface area contributed by atoms with Crippen molar-refractivity contribution in [3.05, 3.63) is 53.4 Å². The van der Waals surface area contributed by atoms with E-state index in [-0.39, 0.29) is 12.4 Å². The van der Waals surface area contributed by atoms with Gasteiger partial charge in [-0.15, -0.1) is 0 Å². The predicted octanol–water partition coefficient (Wildman–Crippen LogP) is 1.84. The Morgan fingerprint density at radius 1 is 1.44 bits per heavy atom. The van der Waals surface area contributed by atoms with Gasteiger partial charge in [0.2, 0.25) is 0 Å². The van der Waals surface area contributed by atoms with Crippen LogP contribution >= 0.6 is 0 Å². The van der Waals surface area contributed by atoms with Crippen molar-refractivity contribution in [2.24, 2.45) is 5.73 Å². The number of benzene rings is 1. The summed E-state index contributed by atoms with van der Waals surface area (Å²) >= 11 is 0. The van der Waals surface area contributed by atoms with E-state index in [2.05, 4.69) is 4.98 Å². The lowest BCUT2D eigenvalue weighted by Gasteiger charge is -2.07. The summed E-state index contributed by atoms with van der Waals surface area (Å²) in [5, 5.41) is 0. The van der Waals surface area contributed by atoms with Crippen molar-refractivity contribution >= 4 is 0 Å². The van der Waals surface area contributed by atoms with Gasteiger partial charge in [-0.3, -0.25) is 0 Å². The van der Waals surface area contributed by atoms with E-state index in [4.69, 9.17) is 5.73 Å². The highest BCUT2D eigenvalue weighted by Gasteiger charge is 2.03. The topological polar surface area (TPSA) is 43.8 Å². The maximum absolute atomic E-state index is 13.2. The maximum atomic E-state index is 13.2. The number of hydrogen-bond donors (Lipinski definition) is 1. The summed E-state index contributed by atoms with van der Waals surface area (Å²) in [5.41, 5.74) is 7.05. The van der Waals surface area contributed by atoms with Crippen molar-refractivity contribution < 1.29 is 4.39 Å². The van der Waals surface area contributed by atoms with Gasteiger partial charge in [-0.1, -0.05) is 6.07 Å². The SMILES string of the molecule is Cc1nccn1Cc1ccc(F)c(CN)c1. The van der Waals surface area contributed by atoms with Gasteiger partial charge in [0.15, 0.2) is 0 Å². The summed E-state index contributed by atoms with van der Waals surface area (Å²) in [7, 11) is 0. The number of hydrogen-bond acceptors (Lipinski definition) is 2. The van der Waals surface area contributed by atoms with Crippen LogP contribution in [0.1, 0.15) is 17.0 Å². The molecular weight excluding hydrogens is 205 g/mol. The van der Waals surface area contributed by atoms with Gasteiger partial charge < -0.3 is 10.3 Å². The number of halogens is 1. The molecule has 0 aliphatic carbocycles. The smallest absolute Gasteiger partial charge is 0.127 e. The second-order valence-electron chi connectivity index (χ2n) is 3.73. The number of nitrogens with two attached hydrogens (primary N) is 1. The van der Waals surface area contributed by atoms with Crippen LogP contribution in [0.5, 0.6) is 0 Å². The molecular formula is C12H14FN3. The molecule has 2 rings (SSSR count). The fraction of sp³-hybridized carbons (Fsp3) is 0.250. The molecule has 0 aliphatic rings. The second kappa shape index (κ2) is 4.45. The zero-order valence-electron chi connectivity index (χ0n) is 9.15. The first-order valence-corrected chi connectivity index (χ1v) is 5.16. The van der Waals surface area contributed by atoms with Crippen LogP contribution in [0.15, 0.2) is 30.6 Å². The molecule has 0 fully saturated rings. The minimum atomic E-state index is -0.242. The summed E-state index contributed by atoms with van der Waals surface area (Å²) in [5.74, 6) is 0.701. The Balaban J connectivity index is 2.25. The molecule has 4 heteroatoms. The Morgan fingerprint density at radius 3 is 2.88 bits per heavy atom. The third kappa shape index (κ3) is 2.12. The summed E-state index contributed by atoms with van der Waals surface area (Å²) < 4.78 is 15.2. The van der Waals surface area contributed by atoms with Crippen molar-refractivity contribution in [3.8, 4) is 0 Å². The lowest BCUT2D eigenvalue weighted by atomic mass is 10.1. The molecule has 1 aromatic heterocycles. The molecule has 16 heavy (non-hydrogen) atoms. The number of rotatable bonds is 3. The van der Waals surface area contributed by atoms with Gasteiger partial charge in [0.05, 0.1) is 0 Å². The Morgan fingerprint density at radius 2 is 2.25 bits per heavy atom. The van der Waals surface area contributed by atoms with Crippen molar-refractivity contribution in [2.75, 3.05) is 0 Å². The summed E-state index contributed by atoms with van der Waals surface area (Å²) in [6, 6.07) is 5.03. The molecule has 0 aliphatic heterocycles. The van der Waals surface area contributed by atoms with E-state index in [0.29, 0.717) is 12.1 Å². The van der Waals surface area contributed by atoms with Crippen LogP contribution in [0.3, 0.4) is 0 Å². The molecule has 84 valence electrons. The van der Waals surface area contributed by atoms with E-state index in [9.17, 15) is 4.39 Å². The van der Waals surface area contributed by atoms with Gasteiger partial charge in [-0.25, -0.2) is 9.37 Å². The van der Waals surface area contributed by atoms with E-state index >= 15 is 0 Å². The molecule has 0 bridgehead atoms. The van der Waals surface area contributed by atoms with Crippen LogP contribution in [-0.4, -0.2) is 9.55 Å². The molecule has 0 amide bonds. The van der Waals surface area contributed by atoms with Gasteiger partial charge in [0.25, 0.3) is 0 Å². The van der Waals surface area contributed by atoms with Crippen LogP contribution in [-0.2, 0) is 13.1 Å². The van der Waals surface area contributed by atoms with E-state index in [1.807, 2.05) is 17.7 Å². The Labute approximate surface area is 93.7 Å². The van der Waals surface area contributed by atoms with Gasteiger partial charge in [-0.05, 0) is 24.6 Å². The Hall–Kier alpha value is -1.68. The molecule has 0 saturated heterocycles. The first-order valence-electron chi connectivity index (χ1n) is 5.16. The highest BCUT2D eigenvalue weighted by molar-refractivity contribution is 5.25. The summed E-state index contributed by atoms with van der Waals surface area (Å²) in [6.07, 6.45) is 3.66. The largest absolute Gasteiger partial charge is 0.331 e. The number of aryl methyl sites for hydroxylation is 1. The maximum Gasteiger partial charge on any atom is 0.127 e. The zero-order valence-corrected chi connectivity index (χ0v) is 9.15. The van der Waals surface area contributed by atoms with Crippen molar-refractivity contribution in [2.45, 2.75) is 20.0 Å². The molecule has 0 saturated carbocycles. The minimum Gasteiger partial charge on any atom is -0.331 e. The first kappa shape index (κ1) is 10.8. The van der Waals surface area contributed by atoms with E-state index in [1.54, 1.807) is 18.3 Å².